The highest BCUT2D eigenvalue weighted by Gasteiger charge is 2.06. The van der Waals surface area contributed by atoms with Crippen molar-refractivity contribution >= 4 is 48.3 Å². The Morgan fingerprint density at radius 1 is 1.11 bits per heavy atom. The van der Waals surface area contributed by atoms with Crippen LogP contribution in [0, 0.1) is 13.8 Å². The molecule has 2 nitrogen and oxygen atoms in total. The zero-order valence-corrected chi connectivity index (χ0v) is 13.1. The Bertz CT molecular complexity index is 749. The Kier molecular flexibility index (Phi) is 3.29. The van der Waals surface area contributed by atoms with E-state index < -0.39 is 0 Å². The molecule has 0 aliphatic rings. The molecule has 19 heavy (non-hydrogen) atoms. The Hall–Kier alpha value is -1.39. The van der Waals surface area contributed by atoms with Gasteiger partial charge in [0.2, 0.25) is 0 Å². The van der Waals surface area contributed by atoms with E-state index in [1.807, 2.05) is 12.1 Å². The topological polar surface area (TPSA) is 24.9 Å². The summed E-state index contributed by atoms with van der Waals surface area (Å²) >= 11 is 5.15. The molecule has 0 bridgehead atoms. The zero-order valence-electron chi connectivity index (χ0n) is 10.7. The molecule has 4 heteroatoms. The summed E-state index contributed by atoms with van der Waals surface area (Å²) in [5, 5.41) is 4.35. The number of hydrogen-bond acceptors (Lipinski definition) is 3. The smallest absolute Gasteiger partial charge is 0.188 e. The second-order valence-corrected chi connectivity index (χ2v) is 6.52. The Balaban J connectivity index is 1.98. The SMILES string of the molecule is Cc1ccc(C)c(Nc2nc3cc(Br)ccc3s2)c1. The molecule has 0 aliphatic carbocycles. The van der Waals surface area contributed by atoms with E-state index in [2.05, 4.69) is 64.3 Å². The molecular formula is C15H13BrN2S. The molecule has 2 aromatic carbocycles. The number of halogens is 1. The lowest BCUT2D eigenvalue weighted by atomic mass is 10.1. The van der Waals surface area contributed by atoms with Gasteiger partial charge in [-0.05, 0) is 49.2 Å². The molecule has 0 saturated heterocycles. The van der Waals surface area contributed by atoms with E-state index in [-0.39, 0.29) is 0 Å². The van der Waals surface area contributed by atoms with Crippen LogP contribution in [0.4, 0.5) is 10.8 Å². The molecule has 0 saturated carbocycles. The van der Waals surface area contributed by atoms with Crippen molar-refractivity contribution in [3.63, 3.8) is 0 Å². The van der Waals surface area contributed by atoms with E-state index in [1.54, 1.807) is 11.3 Å². The summed E-state index contributed by atoms with van der Waals surface area (Å²) in [6, 6.07) is 12.6. The van der Waals surface area contributed by atoms with Crippen molar-refractivity contribution in [2.75, 3.05) is 5.32 Å². The van der Waals surface area contributed by atoms with Crippen LogP contribution in [-0.2, 0) is 0 Å². The Morgan fingerprint density at radius 3 is 2.79 bits per heavy atom. The van der Waals surface area contributed by atoms with Gasteiger partial charge in [-0.3, -0.25) is 0 Å². The van der Waals surface area contributed by atoms with E-state index >= 15 is 0 Å². The predicted molar refractivity (Wildman–Crippen MR) is 86.5 cm³/mol. The Morgan fingerprint density at radius 2 is 1.95 bits per heavy atom. The van der Waals surface area contributed by atoms with Gasteiger partial charge in [-0.15, -0.1) is 0 Å². The third-order valence-electron chi connectivity index (χ3n) is 2.98. The van der Waals surface area contributed by atoms with E-state index in [9.17, 15) is 0 Å². The summed E-state index contributed by atoms with van der Waals surface area (Å²) in [7, 11) is 0. The third-order valence-corrected chi connectivity index (χ3v) is 4.43. The molecule has 0 spiro atoms. The number of nitrogens with zero attached hydrogens (tertiary/aromatic N) is 1. The van der Waals surface area contributed by atoms with Gasteiger partial charge in [0, 0.05) is 10.2 Å². The van der Waals surface area contributed by atoms with Gasteiger partial charge in [0.15, 0.2) is 5.13 Å². The maximum absolute atomic E-state index is 4.62. The first-order valence-electron chi connectivity index (χ1n) is 6.02. The highest BCUT2D eigenvalue weighted by Crippen LogP contribution is 2.31. The number of aryl methyl sites for hydroxylation is 2. The van der Waals surface area contributed by atoms with Gasteiger partial charge in [0.05, 0.1) is 10.2 Å². The number of nitrogens with one attached hydrogen (secondary N) is 1. The van der Waals surface area contributed by atoms with Crippen LogP contribution < -0.4 is 5.32 Å². The first kappa shape index (κ1) is 12.6. The number of fused-ring (bicyclic) bond motifs is 1. The fraction of sp³-hybridized carbons (Fsp3) is 0.133. The fourth-order valence-corrected chi connectivity index (χ4v) is 3.15. The molecule has 0 fully saturated rings. The largest absolute Gasteiger partial charge is 0.331 e. The average molecular weight is 333 g/mol. The van der Waals surface area contributed by atoms with E-state index in [0.29, 0.717) is 0 Å². The minimum Gasteiger partial charge on any atom is -0.331 e. The highest BCUT2D eigenvalue weighted by atomic mass is 79.9. The molecule has 0 amide bonds. The number of benzene rings is 2. The van der Waals surface area contributed by atoms with Gasteiger partial charge in [-0.25, -0.2) is 4.98 Å². The first-order valence-corrected chi connectivity index (χ1v) is 7.63. The molecule has 0 atom stereocenters. The lowest BCUT2D eigenvalue weighted by molar-refractivity contribution is 1.36. The molecule has 1 N–H and O–H groups in total. The number of aromatic nitrogens is 1. The second-order valence-electron chi connectivity index (χ2n) is 4.57. The van der Waals surface area contributed by atoms with Crippen molar-refractivity contribution in [2.24, 2.45) is 0 Å². The standard InChI is InChI=1S/C15H13BrN2S/c1-9-3-4-10(2)12(7-9)17-15-18-13-8-11(16)5-6-14(13)19-15/h3-8H,1-2H3,(H,17,18). The molecular weight excluding hydrogens is 320 g/mol. The average Bonchev–Trinajstić information content (AvgIpc) is 2.75. The van der Waals surface area contributed by atoms with Crippen molar-refractivity contribution < 1.29 is 0 Å². The number of anilines is 2. The predicted octanol–water partition coefficient (Wildman–Crippen LogP) is 5.42. The molecule has 1 heterocycles. The first-order chi connectivity index (χ1) is 9.11. The van der Waals surface area contributed by atoms with Crippen LogP contribution >= 0.6 is 27.3 Å². The minimum atomic E-state index is 0.932. The number of thiazole rings is 1. The normalized spacial score (nSPS) is 10.9. The summed E-state index contributed by atoms with van der Waals surface area (Å²) < 4.78 is 2.25. The molecule has 0 unspecified atom stereocenters. The van der Waals surface area contributed by atoms with E-state index in [4.69, 9.17) is 0 Å². The lowest BCUT2D eigenvalue weighted by Gasteiger charge is -2.07. The van der Waals surface area contributed by atoms with Crippen molar-refractivity contribution in [1.29, 1.82) is 0 Å². The van der Waals surface area contributed by atoms with Crippen LogP contribution in [0.1, 0.15) is 11.1 Å². The van der Waals surface area contributed by atoms with Gasteiger partial charge >= 0.3 is 0 Å². The van der Waals surface area contributed by atoms with Crippen LogP contribution in [0.15, 0.2) is 40.9 Å². The molecule has 3 rings (SSSR count). The maximum Gasteiger partial charge on any atom is 0.188 e. The molecule has 0 radical (unpaired) electrons. The Labute approximate surface area is 124 Å². The maximum atomic E-state index is 4.62. The highest BCUT2D eigenvalue weighted by molar-refractivity contribution is 9.10. The van der Waals surface area contributed by atoms with Crippen molar-refractivity contribution in [1.82, 2.24) is 4.98 Å². The number of rotatable bonds is 2. The molecule has 0 aliphatic heterocycles. The van der Waals surface area contributed by atoms with Crippen LogP contribution in [0.2, 0.25) is 0 Å². The lowest BCUT2D eigenvalue weighted by Crippen LogP contribution is -1.92. The van der Waals surface area contributed by atoms with Crippen molar-refractivity contribution in [3.05, 3.63) is 52.0 Å². The number of hydrogen-bond donors (Lipinski definition) is 1. The van der Waals surface area contributed by atoms with Gasteiger partial charge in [-0.1, -0.05) is 39.4 Å². The van der Waals surface area contributed by atoms with Crippen LogP contribution in [-0.4, -0.2) is 4.98 Å². The second kappa shape index (κ2) is 4.94. The summed E-state index contributed by atoms with van der Waals surface area (Å²) in [5.41, 5.74) is 4.62. The summed E-state index contributed by atoms with van der Waals surface area (Å²) in [6.07, 6.45) is 0. The minimum absolute atomic E-state index is 0.932. The van der Waals surface area contributed by atoms with Gasteiger partial charge in [0.25, 0.3) is 0 Å². The van der Waals surface area contributed by atoms with E-state index in [1.165, 1.54) is 15.8 Å². The monoisotopic (exact) mass is 332 g/mol. The van der Waals surface area contributed by atoms with Crippen molar-refractivity contribution in [2.45, 2.75) is 13.8 Å². The molecule has 96 valence electrons. The van der Waals surface area contributed by atoms with Crippen LogP contribution in [0.25, 0.3) is 10.2 Å². The zero-order chi connectivity index (χ0) is 13.4. The van der Waals surface area contributed by atoms with Crippen molar-refractivity contribution in [3.8, 4) is 0 Å². The van der Waals surface area contributed by atoms with Crippen LogP contribution in [0.5, 0.6) is 0 Å². The summed E-state index contributed by atoms with van der Waals surface area (Å²) in [5.74, 6) is 0. The van der Waals surface area contributed by atoms with Gasteiger partial charge in [-0.2, -0.15) is 0 Å². The van der Waals surface area contributed by atoms with Gasteiger partial charge in [0.1, 0.15) is 0 Å². The summed E-state index contributed by atoms with van der Waals surface area (Å²) in [4.78, 5) is 4.62. The van der Waals surface area contributed by atoms with Gasteiger partial charge < -0.3 is 5.32 Å². The fourth-order valence-electron chi connectivity index (χ4n) is 1.94. The van der Waals surface area contributed by atoms with E-state index in [0.717, 1.165) is 20.8 Å². The molecule has 1 aromatic heterocycles. The quantitative estimate of drug-likeness (QED) is 0.677. The third kappa shape index (κ3) is 2.65. The molecule has 3 aromatic rings. The summed E-state index contributed by atoms with van der Waals surface area (Å²) in [6.45, 7) is 4.20. The van der Waals surface area contributed by atoms with Crippen LogP contribution in [0.3, 0.4) is 0 Å².